The molecule has 27 heavy (non-hydrogen) atoms. The summed E-state index contributed by atoms with van der Waals surface area (Å²) in [5, 5.41) is 5.48. The van der Waals surface area contributed by atoms with E-state index in [-0.39, 0.29) is 17.7 Å². The summed E-state index contributed by atoms with van der Waals surface area (Å²) in [4.78, 5) is 25.8. The molecule has 4 nitrogen and oxygen atoms in total. The average Bonchev–Trinajstić information content (AvgIpc) is 2.67. The third kappa shape index (κ3) is 2.95. The summed E-state index contributed by atoms with van der Waals surface area (Å²) in [5.41, 5.74) is 3.99. The van der Waals surface area contributed by atoms with E-state index in [1.165, 1.54) is 0 Å². The fourth-order valence-corrected chi connectivity index (χ4v) is 4.28. The largest absolute Gasteiger partial charge is 0.463 e. The van der Waals surface area contributed by atoms with Gasteiger partial charge in [0, 0.05) is 29.3 Å². The molecule has 1 aliphatic heterocycles. The number of nitrogens with one attached hydrogen (secondary N) is 1. The van der Waals surface area contributed by atoms with Gasteiger partial charge in [-0.25, -0.2) is 4.79 Å². The van der Waals surface area contributed by atoms with Gasteiger partial charge in [0.05, 0.1) is 12.2 Å². The average molecular weight is 361 g/mol. The molecule has 0 unspecified atom stereocenters. The SMILES string of the molecule is CCOC(=O)C1=C(C)NC2=C(C(=O)CCC2)[C@@H]1c1cccc2ccccc12. The number of ketones is 1. The van der Waals surface area contributed by atoms with Crippen molar-refractivity contribution < 1.29 is 14.3 Å². The lowest BCUT2D eigenvalue weighted by Crippen LogP contribution is -2.34. The van der Waals surface area contributed by atoms with Crippen LogP contribution in [0.15, 0.2) is 65.0 Å². The molecule has 0 bridgehead atoms. The van der Waals surface area contributed by atoms with E-state index in [2.05, 4.69) is 23.5 Å². The number of dihydropyridines is 1. The summed E-state index contributed by atoms with van der Waals surface area (Å²) in [6.07, 6.45) is 2.20. The minimum atomic E-state index is -0.390. The highest BCUT2D eigenvalue weighted by Crippen LogP contribution is 2.44. The predicted molar refractivity (Wildman–Crippen MR) is 105 cm³/mol. The number of hydrogen-bond donors (Lipinski definition) is 1. The van der Waals surface area contributed by atoms with Crippen molar-refractivity contribution in [1.82, 2.24) is 5.32 Å². The number of carbonyl (C=O) groups excluding carboxylic acids is 2. The number of rotatable bonds is 3. The highest BCUT2D eigenvalue weighted by atomic mass is 16.5. The molecule has 0 spiro atoms. The van der Waals surface area contributed by atoms with Crippen molar-refractivity contribution in [1.29, 1.82) is 0 Å². The molecule has 2 aromatic rings. The molecule has 138 valence electrons. The number of esters is 1. The molecule has 0 radical (unpaired) electrons. The molecule has 2 aliphatic rings. The molecule has 0 aromatic heterocycles. The molecule has 0 saturated heterocycles. The normalized spacial score (nSPS) is 19.8. The third-order valence-electron chi connectivity index (χ3n) is 5.41. The van der Waals surface area contributed by atoms with Crippen molar-refractivity contribution in [2.75, 3.05) is 6.61 Å². The van der Waals surface area contributed by atoms with E-state index in [0.717, 1.165) is 46.1 Å². The predicted octanol–water partition coefficient (Wildman–Crippen LogP) is 4.37. The molecule has 0 saturated carbocycles. The van der Waals surface area contributed by atoms with Crippen molar-refractivity contribution >= 4 is 22.5 Å². The van der Waals surface area contributed by atoms with E-state index < -0.39 is 0 Å². The van der Waals surface area contributed by atoms with Gasteiger partial charge in [-0.2, -0.15) is 0 Å². The molecule has 0 fully saturated rings. The van der Waals surface area contributed by atoms with Crippen molar-refractivity contribution in [3.05, 3.63) is 70.6 Å². The van der Waals surface area contributed by atoms with Crippen molar-refractivity contribution in [2.24, 2.45) is 0 Å². The number of benzene rings is 2. The van der Waals surface area contributed by atoms with Gasteiger partial charge in [-0.15, -0.1) is 0 Å². The number of ether oxygens (including phenoxy) is 1. The molecule has 4 heteroatoms. The van der Waals surface area contributed by atoms with Crippen LogP contribution in [-0.2, 0) is 14.3 Å². The van der Waals surface area contributed by atoms with Crippen LogP contribution < -0.4 is 5.32 Å². The van der Waals surface area contributed by atoms with Crippen LogP contribution in [0.25, 0.3) is 10.8 Å². The second-order valence-electron chi connectivity index (χ2n) is 7.05. The Morgan fingerprint density at radius 3 is 2.74 bits per heavy atom. The van der Waals surface area contributed by atoms with Gasteiger partial charge in [0.2, 0.25) is 0 Å². The second kappa shape index (κ2) is 7.03. The van der Waals surface area contributed by atoms with E-state index in [4.69, 9.17) is 4.74 Å². The Morgan fingerprint density at radius 1 is 1.15 bits per heavy atom. The quantitative estimate of drug-likeness (QED) is 0.825. The zero-order valence-electron chi connectivity index (χ0n) is 15.7. The summed E-state index contributed by atoms with van der Waals surface area (Å²) < 4.78 is 5.36. The van der Waals surface area contributed by atoms with Crippen LogP contribution in [0.2, 0.25) is 0 Å². The van der Waals surface area contributed by atoms with Crippen LogP contribution in [0.1, 0.15) is 44.6 Å². The third-order valence-corrected chi connectivity index (χ3v) is 5.41. The topological polar surface area (TPSA) is 55.4 Å². The van der Waals surface area contributed by atoms with E-state index in [9.17, 15) is 9.59 Å². The highest BCUT2D eigenvalue weighted by Gasteiger charge is 2.39. The van der Waals surface area contributed by atoms with Crippen molar-refractivity contribution in [2.45, 2.75) is 39.0 Å². The minimum Gasteiger partial charge on any atom is -0.463 e. The van der Waals surface area contributed by atoms with Gasteiger partial charge in [0.1, 0.15) is 0 Å². The number of allylic oxidation sites excluding steroid dienone is 3. The van der Waals surface area contributed by atoms with E-state index in [0.29, 0.717) is 18.6 Å². The lowest BCUT2D eigenvalue weighted by molar-refractivity contribution is -0.138. The van der Waals surface area contributed by atoms with Gasteiger partial charge >= 0.3 is 5.97 Å². The lowest BCUT2D eigenvalue weighted by Gasteiger charge is -2.34. The fourth-order valence-electron chi connectivity index (χ4n) is 4.28. The van der Waals surface area contributed by atoms with E-state index in [1.807, 2.05) is 31.2 Å². The van der Waals surface area contributed by atoms with Gasteiger partial charge in [0.25, 0.3) is 0 Å². The van der Waals surface area contributed by atoms with E-state index in [1.54, 1.807) is 6.92 Å². The maximum absolute atomic E-state index is 12.9. The molecule has 1 heterocycles. The summed E-state index contributed by atoms with van der Waals surface area (Å²) in [6.45, 7) is 4.00. The van der Waals surface area contributed by atoms with Gasteiger partial charge in [-0.3, -0.25) is 4.79 Å². The summed E-state index contributed by atoms with van der Waals surface area (Å²) >= 11 is 0. The summed E-state index contributed by atoms with van der Waals surface area (Å²) in [6, 6.07) is 14.2. The van der Waals surface area contributed by atoms with E-state index >= 15 is 0 Å². The maximum Gasteiger partial charge on any atom is 0.336 e. The zero-order valence-corrected chi connectivity index (χ0v) is 15.7. The van der Waals surface area contributed by atoms with Crippen LogP contribution >= 0.6 is 0 Å². The number of hydrogen-bond acceptors (Lipinski definition) is 4. The van der Waals surface area contributed by atoms with Crippen LogP contribution in [0, 0.1) is 0 Å². The van der Waals surface area contributed by atoms with Gasteiger partial charge in [0.15, 0.2) is 5.78 Å². The maximum atomic E-state index is 12.9. The molecule has 2 aromatic carbocycles. The number of Topliss-reactive ketones (excluding diaryl/α,β-unsaturated/α-hetero) is 1. The minimum absolute atomic E-state index is 0.121. The van der Waals surface area contributed by atoms with Crippen LogP contribution in [0.4, 0.5) is 0 Å². The molecule has 0 amide bonds. The monoisotopic (exact) mass is 361 g/mol. The molecule has 1 aliphatic carbocycles. The Hall–Kier alpha value is -2.88. The molecule has 1 N–H and O–H groups in total. The Morgan fingerprint density at radius 2 is 1.93 bits per heavy atom. The molecule has 1 atom stereocenters. The fraction of sp³-hybridized carbons (Fsp3) is 0.304. The standard InChI is InChI=1S/C23H23NO3/c1-3-27-23(26)20-14(2)24-18-12-7-13-19(25)22(18)21(20)17-11-6-9-15-8-4-5-10-16(15)17/h4-6,8-11,21,24H,3,7,12-13H2,1-2H3/t21-/m1/s1. The zero-order chi connectivity index (χ0) is 19.0. The first-order chi connectivity index (χ1) is 13.1. The van der Waals surface area contributed by atoms with Crippen LogP contribution in [0.5, 0.6) is 0 Å². The molecule has 4 rings (SSSR count). The van der Waals surface area contributed by atoms with Gasteiger partial charge in [-0.05, 0) is 43.0 Å². The Bertz CT molecular complexity index is 994. The molecular formula is C23H23NO3. The summed E-state index contributed by atoms with van der Waals surface area (Å²) in [7, 11) is 0. The van der Waals surface area contributed by atoms with Crippen LogP contribution in [0.3, 0.4) is 0 Å². The van der Waals surface area contributed by atoms with Crippen molar-refractivity contribution in [3.63, 3.8) is 0 Å². The Kier molecular flexibility index (Phi) is 4.56. The Labute approximate surface area is 158 Å². The number of fused-ring (bicyclic) bond motifs is 1. The van der Waals surface area contributed by atoms with Crippen molar-refractivity contribution in [3.8, 4) is 0 Å². The van der Waals surface area contributed by atoms with Gasteiger partial charge < -0.3 is 10.1 Å². The van der Waals surface area contributed by atoms with Gasteiger partial charge in [-0.1, -0.05) is 42.5 Å². The highest BCUT2D eigenvalue weighted by molar-refractivity contribution is 6.05. The second-order valence-corrected chi connectivity index (χ2v) is 7.05. The lowest BCUT2D eigenvalue weighted by atomic mass is 9.74. The number of carbonyl (C=O) groups is 2. The molecular weight excluding hydrogens is 338 g/mol. The first kappa shape index (κ1) is 17.5. The first-order valence-corrected chi connectivity index (χ1v) is 9.50. The van der Waals surface area contributed by atoms with Crippen LogP contribution in [-0.4, -0.2) is 18.4 Å². The summed E-state index contributed by atoms with van der Waals surface area (Å²) in [5.74, 6) is -0.624. The smallest absolute Gasteiger partial charge is 0.336 e. The first-order valence-electron chi connectivity index (χ1n) is 9.50. The Balaban J connectivity index is 1.98.